The van der Waals surface area contributed by atoms with Crippen LogP contribution in [-0.2, 0) is 0 Å². The predicted octanol–water partition coefficient (Wildman–Crippen LogP) is 2.88. The van der Waals surface area contributed by atoms with Gasteiger partial charge >= 0.3 is 0 Å². The van der Waals surface area contributed by atoms with Gasteiger partial charge in [-0.3, -0.25) is 4.79 Å². The van der Waals surface area contributed by atoms with E-state index < -0.39 is 5.24 Å². The van der Waals surface area contributed by atoms with Crippen molar-refractivity contribution in [1.82, 2.24) is 4.98 Å². The molecule has 0 saturated heterocycles. The van der Waals surface area contributed by atoms with Gasteiger partial charge in [-0.2, -0.15) is 0 Å². The van der Waals surface area contributed by atoms with Gasteiger partial charge in [0.2, 0.25) is 0 Å². The van der Waals surface area contributed by atoms with Crippen LogP contribution in [-0.4, -0.2) is 10.2 Å². The number of aromatic nitrogens is 1. The third-order valence-corrected chi connectivity index (χ3v) is 2.19. The zero-order chi connectivity index (χ0) is 8.43. The smallest absolute Gasteiger partial charge is 0.256 e. The Morgan fingerprint density at radius 1 is 1.64 bits per heavy atom. The largest absolute Gasteiger partial charge is 0.275 e. The van der Waals surface area contributed by atoms with E-state index >= 15 is 0 Å². The molecule has 0 amide bonds. The number of hydrogen-bond donors (Lipinski definition) is 0. The first-order chi connectivity index (χ1) is 5.13. The Bertz CT molecular complexity index is 282. The summed E-state index contributed by atoms with van der Waals surface area (Å²) in [6.45, 7) is 0. The summed E-state index contributed by atoms with van der Waals surface area (Å²) in [5.41, 5.74) is 0.204. The second-order valence-corrected chi connectivity index (χ2v) is 3.29. The molecule has 0 aliphatic rings. The molecule has 1 rings (SSSR count). The van der Waals surface area contributed by atoms with E-state index in [-0.39, 0.29) is 10.7 Å². The SMILES string of the molecule is O=C(Cl)c1c(Br)ccnc1Cl. The lowest BCUT2D eigenvalue weighted by Gasteiger charge is -1.98. The van der Waals surface area contributed by atoms with Crippen LogP contribution in [0, 0.1) is 0 Å². The number of nitrogens with zero attached hydrogens (tertiary/aromatic N) is 1. The van der Waals surface area contributed by atoms with Gasteiger partial charge in [0.15, 0.2) is 0 Å². The van der Waals surface area contributed by atoms with Crippen molar-refractivity contribution in [2.24, 2.45) is 0 Å². The van der Waals surface area contributed by atoms with E-state index in [9.17, 15) is 4.79 Å². The summed E-state index contributed by atoms with van der Waals surface area (Å²) in [6, 6.07) is 1.60. The Labute approximate surface area is 81.7 Å². The summed E-state index contributed by atoms with van der Waals surface area (Å²) in [5.74, 6) is 0. The zero-order valence-electron chi connectivity index (χ0n) is 5.14. The van der Waals surface area contributed by atoms with Gasteiger partial charge in [-0.1, -0.05) is 11.6 Å². The highest BCUT2D eigenvalue weighted by molar-refractivity contribution is 9.10. The van der Waals surface area contributed by atoms with Crippen molar-refractivity contribution in [1.29, 1.82) is 0 Å². The lowest BCUT2D eigenvalue weighted by atomic mass is 10.3. The van der Waals surface area contributed by atoms with Crippen molar-refractivity contribution in [3.8, 4) is 0 Å². The normalized spacial score (nSPS) is 9.73. The van der Waals surface area contributed by atoms with E-state index in [0.717, 1.165) is 0 Å². The summed E-state index contributed by atoms with van der Waals surface area (Å²) in [5, 5.41) is -0.505. The molecule has 1 aromatic rings. The summed E-state index contributed by atoms with van der Waals surface area (Å²) >= 11 is 13.9. The fourth-order valence-corrected chi connectivity index (χ4v) is 1.79. The Kier molecular flexibility index (Phi) is 2.87. The molecule has 11 heavy (non-hydrogen) atoms. The van der Waals surface area contributed by atoms with Crippen LogP contribution in [0.3, 0.4) is 0 Å². The molecule has 0 unspecified atom stereocenters. The van der Waals surface area contributed by atoms with Crippen molar-refractivity contribution in [3.63, 3.8) is 0 Å². The maximum Gasteiger partial charge on any atom is 0.256 e. The minimum atomic E-state index is -0.616. The van der Waals surface area contributed by atoms with Crippen LogP contribution in [0.2, 0.25) is 5.15 Å². The average Bonchev–Trinajstić information content (AvgIpc) is 1.85. The highest BCUT2D eigenvalue weighted by atomic mass is 79.9. The Morgan fingerprint density at radius 2 is 2.27 bits per heavy atom. The monoisotopic (exact) mass is 253 g/mol. The molecule has 1 aromatic heterocycles. The lowest BCUT2D eigenvalue weighted by Crippen LogP contribution is -1.93. The summed E-state index contributed by atoms with van der Waals surface area (Å²) in [6.07, 6.45) is 1.48. The molecule has 0 bridgehead atoms. The summed E-state index contributed by atoms with van der Waals surface area (Å²) in [4.78, 5) is 14.4. The molecule has 0 fully saturated rings. The molecule has 0 spiro atoms. The maximum atomic E-state index is 10.7. The van der Waals surface area contributed by atoms with Gasteiger partial charge in [-0.05, 0) is 33.6 Å². The van der Waals surface area contributed by atoms with E-state index in [1.165, 1.54) is 6.20 Å². The minimum Gasteiger partial charge on any atom is -0.275 e. The summed E-state index contributed by atoms with van der Waals surface area (Å²) < 4.78 is 0.553. The molecule has 0 aliphatic heterocycles. The average molecular weight is 255 g/mol. The van der Waals surface area contributed by atoms with E-state index in [1.54, 1.807) is 6.07 Å². The van der Waals surface area contributed by atoms with Crippen LogP contribution in [0.5, 0.6) is 0 Å². The Morgan fingerprint density at radius 3 is 2.64 bits per heavy atom. The first-order valence-corrected chi connectivity index (χ1v) is 4.17. The Hall–Kier alpha value is -0.120. The van der Waals surface area contributed by atoms with E-state index in [2.05, 4.69) is 20.9 Å². The molecular formula is C6H2BrCl2NO. The van der Waals surface area contributed by atoms with Gasteiger partial charge in [0.25, 0.3) is 5.24 Å². The molecule has 0 aromatic carbocycles. The number of halogens is 3. The van der Waals surface area contributed by atoms with Gasteiger partial charge in [0.1, 0.15) is 5.15 Å². The molecule has 0 saturated carbocycles. The van der Waals surface area contributed by atoms with Gasteiger partial charge in [0.05, 0.1) is 5.56 Å². The number of rotatable bonds is 1. The van der Waals surface area contributed by atoms with Crippen LogP contribution >= 0.6 is 39.1 Å². The van der Waals surface area contributed by atoms with Gasteiger partial charge in [-0.15, -0.1) is 0 Å². The quantitative estimate of drug-likeness (QED) is 0.570. The number of carbonyl (C=O) groups is 1. The molecule has 0 aliphatic carbocycles. The first kappa shape index (κ1) is 8.97. The lowest BCUT2D eigenvalue weighted by molar-refractivity contribution is 0.108. The van der Waals surface area contributed by atoms with Crippen LogP contribution in [0.25, 0.3) is 0 Å². The van der Waals surface area contributed by atoms with Crippen LogP contribution in [0.4, 0.5) is 0 Å². The number of pyridine rings is 1. The molecule has 0 atom stereocenters. The molecular weight excluding hydrogens is 253 g/mol. The Balaban J connectivity index is 3.32. The predicted molar refractivity (Wildman–Crippen MR) is 47.1 cm³/mol. The van der Waals surface area contributed by atoms with Crippen molar-refractivity contribution in [2.45, 2.75) is 0 Å². The van der Waals surface area contributed by atoms with Crippen LogP contribution in [0.15, 0.2) is 16.7 Å². The molecule has 0 radical (unpaired) electrons. The molecule has 0 N–H and O–H groups in total. The zero-order valence-corrected chi connectivity index (χ0v) is 8.24. The van der Waals surface area contributed by atoms with Crippen molar-refractivity contribution in [3.05, 3.63) is 27.5 Å². The third-order valence-electron chi connectivity index (χ3n) is 1.05. The highest BCUT2D eigenvalue weighted by Crippen LogP contribution is 2.23. The van der Waals surface area contributed by atoms with Gasteiger partial charge in [-0.25, -0.2) is 4.98 Å². The maximum absolute atomic E-state index is 10.7. The molecule has 2 nitrogen and oxygen atoms in total. The topological polar surface area (TPSA) is 30.0 Å². The van der Waals surface area contributed by atoms with Crippen molar-refractivity contribution >= 4 is 44.4 Å². The number of carbonyl (C=O) groups excluding carboxylic acids is 1. The second-order valence-electron chi connectivity index (χ2n) is 1.73. The third kappa shape index (κ3) is 1.92. The van der Waals surface area contributed by atoms with E-state index in [4.69, 9.17) is 23.2 Å². The fourth-order valence-electron chi connectivity index (χ4n) is 0.590. The van der Waals surface area contributed by atoms with E-state index in [1.807, 2.05) is 0 Å². The van der Waals surface area contributed by atoms with Gasteiger partial charge < -0.3 is 0 Å². The van der Waals surface area contributed by atoms with Crippen molar-refractivity contribution in [2.75, 3.05) is 0 Å². The molecule has 1 heterocycles. The second kappa shape index (κ2) is 3.52. The van der Waals surface area contributed by atoms with E-state index in [0.29, 0.717) is 4.47 Å². The molecule has 58 valence electrons. The standard InChI is InChI=1S/C6H2BrCl2NO/c7-3-1-2-10-5(8)4(3)6(9)11/h1-2H. The highest BCUT2D eigenvalue weighted by Gasteiger charge is 2.11. The summed E-state index contributed by atoms with van der Waals surface area (Å²) in [7, 11) is 0. The van der Waals surface area contributed by atoms with Gasteiger partial charge in [0, 0.05) is 10.7 Å². The minimum absolute atomic E-state index is 0.111. The van der Waals surface area contributed by atoms with Crippen LogP contribution < -0.4 is 0 Å². The van der Waals surface area contributed by atoms with Crippen LogP contribution in [0.1, 0.15) is 10.4 Å². The molecule has 5 heteroatoms. The number of hydrogen-bond acceptors (Lipinski definition) is 2. The fraction of sp³-hybridized carbons (Fsp3) is 0. The first-order valence-electron chi connectivity index (χ1n) is 2.62. The van der Waals surface area contributed by atoms with Crippen molar-refractivity contribution < 1.29 is 4.79 Å².